The van der Waals surface area contributed by atoms with Gasteiger partial charge in [0.05, 0.1) is 0 Å². The van der Waals surface area contributed by atoms with Crippen LogP contribution in [0.5, 0.6) is 0 Å². The SMILES string of the molecule is NNC(Cc1cccnc1)Cc1ccc(F)c(F)c1. The lowest BCUT2D eigenvalue weighted by atomic mass is 10.0. The summed E-state index contributed by atoms with van der Waals surface area (Å²) in [5.41, 5.74) is 4.42. The first-order valence-corrected chi connectivity index (χ1v) is 5.98. The molecule has 0 aliphatic rings. The Bertz CT molecular complexity index is 531. The van der Waals surface area contributed by atoms with Crippen LogP contribution in [0.2, 0.25) is 0 Å². The van der Waals surface area contributed by atoms with Gasteiger partial charge in [-0.2, -0.15) is 0 Å². The van der Waals surface area contributed by atoms with E-state index in [0.717, 1.165) is 11.6 Å². The Morgan fingerprint density at radius 3 is 2.53 bits per heavy atom. The number of hydrazine groups is 1. The number of aromatic nitrogens is 1. The zero-order chi connectivity index (χ0) is 13.7. The van der Waals surface area contributed by atoms with Crippen LogP contribution >= 0.6 is 0 Å². The normalized spacial score (nSPS) is 12.4. The summed E-state index contributed by atoms with van der Waals surface area (Å²) in [4.78, 5) is 4.03. The summed E-state index contributed by atoms with van der Waals surface area (Å²) in [7, 11) is 0. The Morgan fingerprint density at radius 1 is 1.11 bits per heavy atom. The van der Waals surface area contributed by atoms with Gasteiger partial charge in [0.15, 0.2) is 11.6 Å². The van der Waals surface area contributed by atoms with E-state index in [1.54, 1.807) is 18.5 Å². The molecule has 3 N–H and O–H groups in total. The lowest BCUT2D eigenvalue weighted by Gasteiger charge is -2.16. The zero-order valence-corrected chi connectivity index (χ0v) is 10.3. The molecule has 2 rings (SSSR count). The van der Waals surface area contributed by atoms with Gasteiger partial charge in [0, 0.05) is 18.4 Å². The van der Waals surface area contributed by atoms with Crippen molar-refractivity contribution in [3.63, 3.8) is 0 Å². The second kappa shape index (κ2) is 6.36. The maximum absolute atomic E-state index is 13.1. The van der Waals surface area contributed by atoms with E-state index in [2.05, 4.69) is 10.4 Å². The summed E-state index contributed by atoms with van der Waals surface area (Å²) in [6.07, 6.45) is 4.64. The fourth-order valence-corrected chi connectivity index (χ4v) is 1.94. The summed E-state index contributed by atoms with van der Waals surface area (Å²) < 4.78 is 26.0. The second-order valence-corrected chi connectivity index (χ2v) is 4.38. The molecule has 100 valence electrons. The largest absolute Gasteiger partial charge is 0.271 e. The van der Waals surface area contributed by atoms with Crippen molar-refractivity contribution >= 4 is 0 Å². The van der Waals surface area contributed by atoms with Crippen LogP contribution < -0.4 is 11.3 Å². The molecule has 0 aliphatic carbocycles. The van der Waals surface area contributed by atoms with E-state index in [4.69, 9.17) is 5.84 Å². The second-order valence-electron chi connectivity index (χ2n) is 4.38. The van der Waals surface area contributed by atoms with Gasteiger partial charge >= 0.3 is 0 Å². The average molecular weight is 263 g/mol. The number of halogens is 2. The Balaban J connectivity index is 2.04. The van der Waals surface area contributed by atoms with Crippen molar-refractivity contribution in [3.8, 4) is 0 Å². The van der Waals surface area contributed by atoms with E-state index < -0.39 is 11.6 Å². The predicted molar refractivity (Wildman–Crippen MR) is 69.1 cm³/mol. The molecule has 0 aliphatic heterocycles. The summed E-state index contributed by atoms with van der Waals surface area (Å²) in [5, 5.41) is 0. The van der Waals surface area contributed by atoms with Gasteiger partial charge in [-0.15, -0.1) is 0 Å². The van der Waals surface area contributed by atoms with Crippen molar-refractivity contribution < 1.29 is 8.78 Å². The highest BCUT2D eigenvalue weighted by Crippen LogP contribution is 2.12. The van der Waals surface area contributed by atoms with Gasteiger partial charge in [-0.1, -0.05) is 12.1 Å². The van der Waals surface area contributed by atoms with E-state index in [0.29, 0.717) is 18.4 Å². The molecule has 0 radical (unpaired) electrons. The minimum atomic E-state index is -0.840. The predicted octanol–water partition coefficient (Wildman–Crippen LogP) is 1.98. The highest BCUT2D eigenvalue weighted by atomic mass is 19.2. The van der Waals surface area contributed by atoms with Gasteiger partial charge in [-0.05, 0) is 42.2 Å². The molecule has 0 saturated heterocycles. The molecule has 1 aromatic heterocycles. The molecular weight excluding hydrogens is 248 g/mol. The molecule has 1 atom stereocenters. The van der Waals surface area contributed by atoms with Gasteiger partial charge < -0.3 is 0 Å². The van der Waals surface area contributed by atoms with Crippen LogP contribution in [0, 0.1) is 11.6 Å². The van der Waals surface area contributed by atoms with Crippen molar-refractivity contribution in [3.05, 3.63) is 65.5 Å². The smallest absolute Gasteiger partial charge is 0.159 e. The number of benzene rings is 1. The molecule has 5 heteroatoms. The first kappa shape index (κ1) is 13.6. The topological polar surface area (TPSA) is 50.9 Å². The van der Waals surface area contributed by atoms with Crippen LogP contribution in [0.4, 0.5) is 8.78 Å². The maximum Gasteiger partial charge on any atom is 0.159 e. The molecule has 1 unspecified atom stereocenters. The van der Waals surface area contributed by atoms with E-state index in [9.17, 15) is 8.78 Å². The minimum absolute atomic E-state index is 0.0611. The quantitative estimate of drug-likeness (QED) is 0.640. The minimum Gasteiger partial charge on any atom is -0.271 e. The molecule has 0 saturated carbocycles. The Morgan fingerprint density at radius 2 is 1.89 bits per heavy atom. The lowest BCUT2D eigenvalue weighted by Crippen LogP contribution is -2.38. The first-order valence-electron chi connectivity index (χ1n) is 5.98. The summed E-state index contributed by atoms with van der Waals surface area (Å²) in [6, 6.07) is 7.62. The number of hydrogen-bond donors (Lipinski definition) is 2. The number of nitrogens with zero attached hydrogens (tertiary/aromatic N) is 1. The van der Waals surface area contributed by atoms with Crippen LogP contribution in [0.25, 0.3) is 0 Å². The van der Waals surface area contributed by atoms with Crippen LogP contribution in [-0.4, -0.2) is 11.0 Å². The van der Waals surface area contributed by atoms with Crippen molar-refractivity contribution in [2.75, 3.05) is 0 Å². The first-order chi connectivity index (χ1) is 9.19. The van der Waals surface area contributed by atoms with Gasteiger partial charge in [0.1, 0.15) is 0 Å². The summed E-state index contributed by atoms with van der Waals surface area (Å²) in [5.74, 6) is 3.82. The molecule has 19 heavy (non-hydrogen) atoms. The Labute approximate surface area is 110 Å². The van der Waals surface area contributed by atoms with Gasteiger partial charge in [-0.3, -0.25) is 16.3 Å². The summed E-state index contributed by atoms with van der Waals surface area (Å²) in [6.45, 7) is 0. The Hall–Kier alpha value is -1.85. The molecule has 0 amide bonds. The number of nitrogens with two attached hydrogens (primary N) is 1. The van der Waals surface area contributed by atoms with Crippen molar-refractivity contribution in [2.24, 2.45) is 5.84 Å². The zero-order valence-electron chi connectivity index (χ0n) is 10.3. The van der Waals surface area contributed by atoms with Gasteiger partial charge in [0.2, 0.25) is 0 Å². The van der Waals surface area contributed by atoms with Gasteiger partial charge in [0.25, 0.3) is 0 Å². The molecule has 0 bridgehead atoms. The van der Waals surface area contributed by atoms with Crippen LogP contribution in [0.1, 0.15) is 11.1 Å². The number of hydrogen-bond acceptors (Lipinski definition) is 3. The molecule has 1 aromatic carbocycles. The Kier molecular flexibility index (Phi) is 4.54. The fourth-order valence-electron chi connectivity index (χ4n) is 1.94. The number of pyridine rings is 1. The fraction of sp³-hybridized carbons (Fsp3) is 0.214. The van der Waals surface area contributed by atoms with Crippen molar-refractivity contribution in [1.82, 2.24) is 10.4 Å². The van der Waals surface area contributed by atoms with E-state index in [1.807, 2.05) is 12.1 Å². The third-order valence-electron chi connectivity index (χ3n) is 2.91. The standard InChI is InChI=1S/C14H15F2N3/c15-13-4-3-10(8-14(13)16)6-12(19-17)7-11-2-1-5-18-9-11/h1-5,8-9,12,19H,6-7,17H2. The molecule has 0 fully saturated rings. The van der Waals surface area contributed by atoms with Crippen molar-refractivity contribution in [1.29, 1.82) is 0 Å². The van der Waals surface area contributed by atoms with E-state index in [1.165, 1.54) is 6.07 Å². The number of nitrogens with one attached hydrogen (secondary N) is 1. The van der Waals surface area contributed by atoms with E-state index in [-0.39, 0.29) is 6.04 Å². The van der Waals surface area contributed by atoms with Crippen LogP contribution in [0.3, 0.4) is 0 Å². The highest BCUT2D eigenvalue weighted by molar-refractivity contribution is 5.20. The monoisotopic (exact) mass is 263 g/mol. The van der Waals surface area contributed by atoms with Crippen LogP contribution in [-0.2, 0) is 12.8 Å². The number of rotatable bonds is 5. The molecular formula is C14H15F2N3. The molecule has 0 spiro atoms. The molecule has 1 heterocycles. The van der Waals surface area contributed by atoms with Crippen molar-refractivity contribution in [2.45, 2.75) is 18.9 Å². The third kappa shape index (κ3) is 3.81. The average Bonchev–Trinajstić information content (AvgIpc) is 2.43. The summed E-state index contributed by atoms with van der Waals surface area (Å²) >= 11 is 0. The maximum atomic E-state index is 13.1. The van der Waals surface area contributed by atoms with Gasteiger partial charge in [-0.25, -0.2) is 8.78 Å². The lowest BCUT2D eigenvalue weighted by molar-refractivity contribution is 0.498. The third-order valence-corrected chi connectivity index (χ3v) is 2.91. The molecule has 2 aromatic rings. The van der Waals surface area contributed by atoms with E-state index >= 15 is 0 Å². The van der Waals surface area contributed by atoms with Crippen LogP contribution in [0.15, 0.2) is 42.7 Å². The highest BCUT2D eigenvalue weighted by Gasteiger charge is 2.11. The molecule has 3 nitrogen and oxygen atoms in total.